The monoisotopic (exact) mass is 338 g/mol. The zero-order valence-corrected chi connectivity index (χ0v) is 13.8. The van der Waals surface area contributed by atoms with Crippen LogP contribution in [0.1, 0.15) is 20.8 Å². The summed E-state index contributed by atoms with van der Waals surface area (Å²) in [6, 6.07) is -0.576. The fourth-order valence-electron chi connectivity index (χ4n) is 2.03. The van der Waals surface area contributed by atoms with Crippen LogP contribution in [-0.4, -0.2) is 68.2 Å². The molecule has 0 aliphatic carbocycles. The molecule has 1 saturated heterocycles. The molecule has 0 spiro atoms. The Kier molecular flexibility index (Phi) is 5.63. The van der Waals surface area contributed by atoms with Crippen LogP contribution in [0.3, 0.4) is 0 Å². The van der Waals surface area contributed by atoms with Gasteiger partial charge < -0.3 is 20.1 Å². The largest absolute Gasteiger partial charge is 0.465 e. The second kappa shape index (κ2) is 6.69. The van der Waals surface area contributed by atoms with Crippen molar-refractivity contribution in [3.05, 3.63) is 0 Å². The highest BCUT2D eigenvalue weighted by molar-refractivity contribution is 7.85. The molecule has 0 radical (unpaired) electrons. The maximum Gasteiger partial charge on any atom is 0.407 e. The van der Waals surface area contributed by atoms with Gasteiger partial charge >= 0.3 is 12.2 Å². The van der Waals surface area contributed by atoms with Crippen LogP contribution in [0.5, 0.6) is 0 Å². The van der Waals surface area contributed by atoms with Crippen molar-refractivity contribution in [1.29, 1.82) is 0 Å². The van der Waals surface area contributed by atoms with Gasteiger partial charge in [0.25, 0.3) is 10.1 Å². The predicted molar refractivity (Wildman–Crippen MR) is 77.0 cm³/mol. The van der Waals surface area contributed by atoms with E-state index >= 15 is 0 Å². The summed E-state index contributed by atoms with van der Waals surface area (Å²) in [7, 11) is -3.64. The molecule has 0 aromatic rings. The summed E-state index contributed by atoms with van der Waals surface area (Å²) in [6.45, 7) is 5.03. The molecule has 0 aromatic carbocycles. The van der Waals surface area contributed by atoms with Crippen molar-refractivity contribution in [2.75, 3.05) is 26.0 Å². The van der Waals surface area contributed by atoms with E-state index in [1.807, 2.05) is 0 Å². The molecule has 0 bridgehead atoms. The predicted octanol–water partition coefficient (Wildman–Crippen LogP) is 0.466. The van der Waals surface area contributed by atoms with Crippen molar-refractivity contribution in [2.24, 2.45) is 5.92 Å². The third kappa shape index (κ3) is 6.48. The molecule has 1 aliphatic rings. The minimum Gasteiger partial charge on any atom is -0.465 e. The normalized spacial score (nSPS) is 22.5. The second-order valence-electron chi connectivity index (χ2n) is 6.19. The maximum atomic E-state index is 11.8. The van der Waals surface area contributed by atoms with Crippen molar-refractivity contribution >= 4 is 22.3 Å². The van der Waals surface area contributed by atoms with E-state index in [0.717, 1.165) is 11.2 Å². The van der Waals surface area contributed by atoms with Gasteiger partial charge in [-0.15, -0.1) is 0 Å². The topological polar surface area (TPSA) is 122 Å². The first-order chi connectivity index (χ1) is 9.87. The first-order valence-electron chi connectivity index (χ1n) is 6.69. The zero-order valence-electron chi connectivity index (χ0n) is 13.0. The molecule has 2 atom stereocenters. The fourth-order valence-corrected chi connectivity index (χ4v) is 2.45. The average Bonchev–Trinajstić information content (AvgIpc) is 2.66. The van der Waals surface area contributed by atoms with Gasteiger partial charge in [-0.25, -0.2) is 9.59 Å². The van der Waals surface area contributed by atoms with Crippen LogP contribution in [0.2, 0.25) is 0 Å². The lowest BCUT2D eigenvalue weighted by Crippen LogP contribution is -2.44. The van der Waals surface area contributed by atoms with Crippen LogP contribution >= 0.6 is 0 Å². The quantitative estimate of drug-likeness (QED) is 0.714. The lowest BCUT2D eigenvalue weighted by Gasteiger charge is -2.23. The Morgan fingerprint density at radius 1 is 1.32 bits per heavy atom. The Balaban J connectivity index is 2.70. The summed E-state index contributed by atoms with van der Waals surface area (Å²) >= 11 is 0. The van der Waals surface area contributed by atoms with E-state index in [4.69, 9.17) is 14.0 Å². The highest BCUT2D eigenvalue weighted by atomic mass is 32.2. The number of hydrogen-bond acceptors (Lipinski definition) is 6. The smallest absolute Gasteiger partial charge is 0.407 e. The number of nitrogens with one attached hydrogen (secondary N) is 1. The van der Waals surface area contributed by atoms with Crippen molar-refractivity contribution < 1.29 is 32.0 Å². The number of rotatable bonds is 4. The van der Waals surface area contributed by atoms with Gasteiger partial charge in [-0.3, -0.25) is 4.18 Å². The number of hydrogen-bond donors (Lipinski definition) is 2. The molecule has 1 aliphatic heterocycles. The second-order valence-corrected chi connectivity index (χ2v) is 7.83. The van der Waals surface area contributed by atoms with Crippen molar-refractivity contribution in [3.8, 4) is 0 Å². The van der Waals surface area contributed by atoms with Gasteiger partial charge in [0.2, 0.25) is 0 Å². The summed E-state index contributed by atoms with van der Waals surface area (Å²) in [5.41, 5.74) is -0.687. The number of carboxylic acid groups (broad SMARTS) is 1. The summed E-state index contributed by atoms with van der Waals surface area (Å²) in [6.07, 6.45) is -0.917. The molecule has 1 heterocycles. The summed E-state index contributed by atoms with van der Waals surface area (Å²) in [5.74, 6) is -0.474. The van der Waals surface area contributed by atoms with Gasteiger partial charge in [0.05, 0.1) is 18.9 Å². The highest BCUT2D eigenvalue weighted by Crippen LogP contribution is 2.19. The van der Waals surface area contributed by atoms with E-state index in [1.165, 1.54) is 0 Å². The van der Waals surface area contributed by atoms with Gasteiger partial charge in [0.15, 0.2) is 0 Å². The van der Waals surface area contributed by atoms with Crippen molar-refractivity contribution in [1.82, 2.24) is 10.2 Å². The van der Waals surface area contributed by atoms with Crippen LogP contribution in [0.4, 0.5) is 9.59 Å². The summed E-state index contributed by atoms with van der Waals surface area (Å²) in [5, 5.41) is 11.6. The lowest BCUT2D eigenvalue weighted by atomic mass is 10.1. The van der Waals surface area contributed by atoms with E-state index in [2.05, 4.69) is 5.32 Å². The van der Waals surface area contributed by atoms with E-state index in [1.54, 1.807) is 20.8 Å². The van der Waals surface area contributed by atoms with E-state index < -0.39 is 39.9 Å². The molecule has 9 nitrogen and oxygen atoms in total. The number of amides is 2. The number of alkyl carbamates (subject to hydrolysis) is 1. The van der Waals surface area contributed by atoms with E-state index in [0.29, 0.717) is 0 Å². The van der Waals surface area contributed by atoms with Crippen molar-refractivity contribution in [3.63, 3.8) is 0 Å². The van der Waals surface area contributed by atoms with Crippen molar-refractivity contribution in [2.45, 2.75) is 32.4 Å². The maximum absolute atomic E-state index is 11.8. The fraction of sp³-hybridized carbons (Fsp3) is 0.833. The molecule has 128 valence electrons. The zero-order chi connectivity index (χ0) is 17.1. The lowest BCUT2D eigenvalue weighted by molar-refractivity contribution is 0.0489. The number of likely N-dealkylation sites (tertiary alicyclic amines) is 1. The van der Waals surface area contributed by atoms with E-state index in [9.17, 15) is 18.0 Å². The molecule has 2 N–H and O–H groups in total. The molecule has 1 fully saturated rings. The molecule has 2 amide bonds. The van der Waals surface area contributed by atoms with Crippen LogP contribution in [0, 0.1) is 5.92 Å². The third-order valence-corrected chi connectivity index (χ3v) is 3.47. The number of carbonyl (C=O) groups is 2. The van der Waals surface area contributed by atoms with Gasteiger partial charge in [-0.1, -0.05) is 0 Å². The Bertz CT molecular complexity index is 526. The first kappa shape index (κ1) is 18.5. The minimum atomic E-state index is -3.64. The Labute approximate surface area is 129 Å². The van der Waals surface area contributed by atoms with Crippen LogP contribution in [0.25, 0.3) is 0 Å². The van der Waals surface area contributed by atoms with Crippen LogP contribution in [0.15, 0.2) is 0 Å². The Morgan fingerprint density at radius 3 is 2.36 bits per heavy atom. The standard InChI is InChI=1S/C12H22N2O7S/c1-12(2,3)21-10(15)13-9-6-14(11(16)17)5-8(9)7-20-22(4,18)19/h8-9H,5-7H2,1-4H3,(H,13,15)(H,16,17)/t8-,9-/m0/s1. The Hall–Kier alpha value is -1.55. The highest BCUT2D eigenvalue weighted by Gasteiger charge is 2.37. The van der Waals surface area contributed by atoms with Gasteiger partial charge in [0.1, 0.15) is 5.60 Å². The van der Waals surface area contributed by atoms with E-state index in [-0.39, 0.29) is 19.7 Å². The first-order valence-corrected chi connectivity index (χ1v) is 8.51. The molecule has 1 rings (SSSR count). The van der Waals surface area contributed by atoms with Crippen LogP contribution < -0.4 is 5.32 Å². The molecular weight excluding hydrogens is 316 g/mol. The van der Waals surface area contributed by atoms with Crippen LogP contribution in [-0.2, 0) is 19.0 Å². The molecule has 22 heavy (non-hydrogen) atoms. The molecule has 0 saturated carbocycles. The third-order valence-electron chi connectivity index (χ3n) is 2.91. The molecule has 0 unspecified atom stereocenters. The SMILES string of the molecule is CC(C)(C)OC(=O)N[C@H]1CN(C(=O)O)C[C@H]1COS(C)(=O)=O. The Morgan fingerprint density at radius 2 is 1.91 bits per heavy atom. The van der Waals surface area contributed by atoms with Gasteiger partial charge in [-0.2, -0.15) is 8.42 Å². The number of ether oxygens (including phenoxy) is 1. The van der Waals surface area contributed by atoms with Gasteiger partial charge in [-0.05, 0) is 20.8 Å². The number of nitrogens with zero attached hydrogens (tertiary/aromatic N) is 1. The summed E-state index contributed by atoms with van der Waals surface area (Å²) in [4.78, 5) is 23.9. The number of carbonyl (C=O) groups excluding carboxylic acids is 1. The van der Waals surface area contributed by atoms with Gasteiger partial charge in [0, 0.05) is 19.0 Å². The summed E-state index contributed by atoms with van der Waals surface area (Å²) < 4.78 is 31.9. The molecule has 10 heteroatoms. The minimum absolute atomic E-state index is 0.0480. The molecular formula is C12H22N2O7S. The average molecular weight is 338 g/mol. The molecule has 0 aromatic heterocycles.